The summed E-state index contributed by atoms with van der Waals surface area (Å²) in [6.07, 6.45) is 0. The van der Waals surface area contributed by atoms with Crippen molar-refractivity contribution < 1.29 is 19.4 Å². The Morgan fingerprint density at radius 3 is 2.81 bits per heavy atom. The minimum absolute atomic E-state index is 0.163. The number of aliphatic carboxylic acids is 1. The molecule has 1 aromatic heterocycles. The van der Waals surface area contributed by atoms with Gasteiger partial charge in [-0.05, 0) is 25.5 Å². The summed E-state index contributed by atoms with van der Waals surface area (Å²) in [4.78, 5) is 25.7. The van der Waals surface area contributed by atoms with Crippen molar-refractivity contribution in [3.05, 3.63) is 35.0 Å². The zero-order chi connectivity index (χ0) is 15.4. The van der Waals surface area contributed by atoms with Crippen LogP contribution in [0.1, 0.15) is 21.6 Å². The smallest absolute Gasteiger partial charge is 0.329 e. The van der Waals surface area contributed by atoms with Crippen molar-refractivity contribution in [3.63, 3.8) is 0 Å². The van der Waals surface area contributed by atoms with Gasteiger partial charge < -0.3 is 20.1 Å². The number of carboxylic acids is 1. The molecule has 112 valence electrons. The van der Waals surface area contributed by atoms with E-state index in [1.807, 2.05) is 26.0 Å². The van der Waals surface area contributed by atoms with E-state index in [-0.39, 0.29) is 25.7 Å². The van der Waals surface area contributed by atoms with Crippen molar-refractivity contribution in [3.8, 4) is 0 Å². The highest BCUT2D eigenvalue weighted by atomic mass is 16.5. The van der Waals surface area contributed by atoms with Crippen molar-refractivity contribution in [1.82, 2.24) is 10.3 Å². The number of benzene rings is 1. The highest BCUT2D eigenvalue weighted by molar-refractivity contribution is 6.06. The van der Waals surface area contributed by atoms with E-state index < -0.39 is 5.97 Å². The molecule has 1 aromatic carbocycles. The third kappa shape index (κ3) is 3.41. The minimum Gasteiger partial charge on any atom is -0.480 e. The van der Waals surface area contributed by atoms with Gasteiger partial charge in [-0.25, -0.2) is 4.79 Å². The van der Waals surface area contributed by atoms with Gasteiger partial charge in [0, 0.05) is 17.6 Å². The molecule has 0 aliphatic rings. The van der Waals surface area contributed by atoms with Crippen LogP contribution in [-0.2, 0) is 9.53 Å². The molecule has 0 saturated heterocycles. The first-order chi connectivity index (χ1) is 10.0. The minimum atomic E-state index is -1.02. The van der Waals surface area contributed by atoms with Crippen LogP contribution in [0.2, 0.25) is 0 Å². The van der Waals surface area contributed by atoms with Crippen LogP contribution in [0, 0.1) is 13.8 Å². The van der Waals surface area contributed by atoms with Gasteiger partial charge in [0.15, 0.2) is 0 Å². The average Bonchev–Trinajstić information content (AvgIpc) is 2.73. The number of carbonyl (C=O) groups is 2. The van der Waals surface area contributed by atoms with Crippen LogP contribution >= 0.6 is 0 Å². The molecule has 3 N–H and O–H groups in total. The molecule has 1 heterocycles. The lowest BCUT2D eigenvalue weighted by molar-refractivity contribution is -0.142. The average molecular weight is 290 g/mol. The van der Waals surface area contributed by atoms with E-state index in [1.165, 1.54) is 0 Å². The van der Waals surface area contributed by atoms with Gasteiger partial charge in [-0.3, -0.25) is 4.79 Å². The number of fused-ring (bicyclic) bond motifs is 1. The molecular formula is C15H18N2O4. The third-order valence-electron chi connectivity index (χ3n) is 3.35. The number of amides is 1. The lowest BCUT2D eigenvalue weighted by atomic mass is 10.1. The Morgan fingerprint density at radius 1 is 1.33 bits per heavy atom. The number of carbonyl (C=O) groups excluding carboxylic acids is 1. The lowest BCUT2D eigenvalue weighted by Crippen LogP contribution is -2.28. The van der Waals surface area contributed by atoms with Gasteiger partial charge in [-0.15, -0.1) is 0 Å². The summed E-state index contributed by atoms with van der Waals surface area (Å²) in [6, 6.07) is 5.57. The van der Waals surface area contributed by atoms with Crippen LogP contribution in [-0.4, -0.2) is 41.7 Å². The molecular weight excluding hydrogens is 272 g/mol. The molecule has 0 spiro atoms. The summed E-state index contributed by atoms with van der Waals surface area (Å²) in [5.74, 6) is -1.23. The van der Waals surface area contributed by atoms with Gasteiger partial charge in [0.1, 0.15) is 6.61 Å². The maximum atomic E-state index is 12.2. The fourth-order valence-electron chi connectivity index (χ4n) is 2.16. The fraction of sp³-hybridized carbons (Fsp3) is 0.333. The molecule has 0 aliphatic heterocycles. The van der Waals surface area contributed by atoms with Gasteiger partial charge in [0.25, 0.3) is 5.91 Å². The summed E-state index contributed by atoms with van der Waals surface area (Å²) in [7, 11) is 0. The summed E-state index contributed by atoms with van der Waals surface area (Å²) < 4.78 is 4.87. The first kappa shape index (κ1) is 15.1. The van der Waals surface area contributed by atoms with Crippen LogP contribution in [0.4, 0.5) is 0 Å². The van der Waals surface area contributed by atoms with Crippen LogP contribution in [0.3, 0.4) is 0 Å². The molecule has 0 fully saturated rings. The Morgan fingerprint density at radius 2 is 2.10 bits per heavy atom. The Hall–Kier alpha value is -2.34. The van der Waals surface area contributed by atoms with Crippen molar-refractivity contribution in [2.75, 3.05) is 19.8 Å². The Bertz CT molecular complexity index is 676. The van der Waals surface area contributed by atoms with Crippen LogP contribution in [0.25, 0.3) is 10.9 Å². The second-order valence-electron chi connectivity index (χ2n) is 4.81. The number of H-pyrrole nitrogens is 1. The number of aryl methyl sites for hydroxylation is 2. The van der Waals surface area contributed by atoms with Gasteiger partial charge in [-0.1, -0.05) is 12.1 Å². The Kier molecular flexibility index (Phi) is 4.59. The zero-order valence-corrected chi connectivity index (χ0v) is 12.0. The fourth-order valence-corrected chi connectivity index (χ4v) is 2.16. The Balaban J connectivity index is 2.03. The standard InChI is InChI=1S/C15H18N2O4/c1-9-10(2)17-14-11(9)4-3-5-12(14)15(20)16-6-7-21-8-13(18)19/h3-5,17H,6-8H2,1-2H3,(H,16,20)(H,18,19). The summed E-state index contributed by atoms with van der Waals surface area (Å²) in [5, 5.41) is 12.2. The second-order valence-corrected chi connectivity index (χ2v) is 4.81. The van der Waals surface area contributed by atoms with Crippen LogP contribution in [0.15, 0.2) is 18.2 Å². The molecule has 0 atom stereocenters. The molecule has 6 nitrogen and oxygen atoms in total. The van der Waals surface area contributed by atoms with E-state index in [0.29, 0.717) is 5.56 Å². The summed E-state index contributed by atoms with van der Waals surface area (Å²) >= 11 is 0. The quantitative estimate of drug-likeness (QED) is 0.705. The summed E-state index contributed by atoms with van der Waals surface area (Å²) in [5.41, 5.74) is 3.55. The molecule has 21 heavy (non-hydrogen) atoms. The number of hydrogen-bond donors (Lipinski definition) is 3. The van der Waals surface area contributed by atoms with Gasteiger partial charge in [0.2, 0.25) is 0 Å². The second kappa shape index (κ2) is 6.41. The van der Waals surface area contributed by atoms with Crippen molar-refractivity contribution in [2.24, 2.45) is 0 Å². The maximum Gasteiger partial charge on any atom is 0.329 e. The van der Waals surface area contributed by atoms with E-state index in [0.717, 1.165) is 22.2 Å². The molecule has 0 aliphatic carbocycles. The first-order valence-corrected chi connectivity index (χ1v) is 6.66. The predicted octanol–water partition coefficient (Wildman–Crippen LogP) is 1.62. The normalized spacial score (nSPS) is 10.8. The highest BCUT2D eigenvalue weighted by Crippen LogP contribution is 2.23. The van der Waals surface area contributed by atoms with E-state index in [9.17, 15) is 9.59 Å². The summed E-state index contributed by atoms with van der Waals surface area (Å²) in [6.45, 7) is 4.05. The number of nitrogens with one attached hydrogen (secondary N) is 2. The molecule has 0 bridgehead atoms. The zero-order valence-electron chi connectivity index (χ0n) is 12.0. The van der Waals surface area contributed by atoms with Crippen LogP contribution < -0.4 is 5.32 Å². The number of carboxylic acid groups (broad SMARTS) is 1. The number of aromatic nitrogens is 1. The number of hydrogen-bond acceptors (Lipinski definition) is 3. The number of aromatic amines is 1. The third-order valence-corrected chi connectivity index (χ3v) is 3.35. The molecule has 2 rings (SSSR count). The maximum absolute atomic E-state index is 12.2. The molecule has 0 saturated carbocycles. The van der Waals surface area contributed by atoms with E-state index in [2.05, 4.69) is 10.3 Å². The van der Waals surface area contributed by atoms with E-state index in [4.69, 9.17) is 9.84 Å². The van der Waals surface area contributed by atoms with E-state index in [1.54, 1.807) is 6.07 Å². The van der Waals surface area contributed by atoms with Gasteiger partial charge in [0.05, 0.1) is 17.7 Å². The van der Waals surface area contributed by atoms with Crippen molar-refractivity contribution in [2.45, 2.75) is 13.8 Å². The molecule has 2 aromatic rings. The number of ether oxygens (including phenoxy) is 1. The first-order valence-electron chi connectivity index (χ1n) is 6.66. The Labute approximate surface area is 122 Å². The lowest BCUT2D eigenvalue weighted by Gasteiger charge is -2.06. The van der Waals surface area contributed by atoms with Gasteiger partial charge >= 0.3 is 5.97 Å². The number of rotatable bonds is 6. The molecule has 0 unspecified atom stereocenters. The largest absolute Gasteiger partial charge is 0.480 e. The van der Waals surface area contributed by atoms with E-state index >= 15 is 0 Å². The van der Waals surface area contributed by atoms with Crippen molar-refractivity contribution >= 4 is 22.8 Å². The highest BCUT2D eigenvalue weighted by Gasteiger charge is 2.13. The SMILES string of the molecule is Cc1[nH]c2c(C(=O)NCCOCC(=O)O)cccc2c1C. The van der Waals surface area contributed by atoms with Gasteiger partial charge in [-0.2, -0.15) is 0 Å². The molecule has 6 heteroatoms. The molecule has 0 radical (unpaired) electrons. The van der Waals surface area contributed by atoms with Crippen LogP contribution in [0.5, 0.6) is 0 Å². The topological polar surface area (TPSA) is 91.4 Å². The predicted molar refractivity (Wildman–Crippen MR) is 78.6 cm³/mol. The number of para-hydroxylation sites is 1. The molecule has 1 amide bonds. The monoisotopic (exact) mass is 290 g/mol. The van der Waals surface area contributed by atoms with Crippen molar-refractivity contribution in [1.29, 1.82) is 0 Å².